The van der Waals surface area contributed by atoms with E-state index in [0.29, 0.717) is 18.0 Å². The Bertz CT molecular complexity index is 956. The molecule has 1 atom stereocenters. The second-order valence-electron chi connectivity index (χ2n) is 6.34. The Balaban J connectivity index is 1.50. The first-order valence-electron chi connectivity index (χ1n) is 9.05. The molecule has 0 heterocycles. The van der Waals surface area contributed by atoms with Crippen LogP contribution in [0.3, 0.4) is 0 Å². The van der Waals surface area contributed by atoms with Crippen LogP contribution in [0.2, 0.25) is 0 Å². The molecule has 0 bridgehead atoms. The molecule has 3 aromatic rings. The second kappa shape index (κ2) is 9.50. The minimum Gasteiger partial charge on any atom is -0.489 e. The number of amides is 1. The third kappa shape index (κ3) is 5.90. The van der Waals surface area contributed by atoms with Gasteiger partial charge in [-0.1, -0.05) is 30.3 Å². The Kier molecular flexibility index (Phi) is 6.58. The zero-order valence-electron chi connectivity index (χ0n) is 15.8. The van der Waals surface area contributed by atoms with Crippen molar-refractivity contribution < 1.29 is 23.5 Å². The maximum absolute atomic E-state index is 12.9. The van der Waals surface area contributed by atoms with Crippen LogP contribution < -0.4 is 10.1 Å². The third-order valence-corrected chi connectivity index (χ3v) is 4.10. The quantitative estimate of drug-likeness (QED) is 0.597. The molecule has 148 valence electrons. The van der Waals surface area contributed by atoms with Crippen molar-refractivity contribution >= 4 is 17.6 Å². The maximum Gasteiger partial charge on any atom is 0.338 e. The molecular weight excluding hydrogens is 373 g/mol. The van der Waals surface area contributed by atoms with E-state index in [9.17, 15) is 14.0 Å². The van der Waals surface area contributed by atoms with Gasteiger partial charge < -0.3 is 14.8 Å². The predicted molar refractivity (Wildman–Crippen MR) is 107 cm³/mol. The minimum absolute atomic E-state index is 0.172. The van der Waals surface area contributed by atoms with E-state index in [1.165, 1.54) is 19.1 Å². The zero-order chi connectivity index (χ0) is 20.6. The smallest absolute Gasteiger partial charge is 0.338 e. The molecule has 0 spiro atoms. The summed E-state index contributed by atoms with van der Waals surface area (Å²) in [5, 5.41) is 2.68. The first kappa shape index (κ1) is 20.1. The number of hydrogen-bond acceptors (Lipinski definition) is 4. The van der Waals surface area contributed by atoms with Crippen LogP contribution in [-0.4, -0.2) is 18.0 Å². The number of ether oxygens (including phenoxy) is 2. The van der Waals surface area contributed by atoms with E-state index < -0.39 is 23.8 Å². The number of carbonyl (C=O) groups is 2. The number of benzene rings is 3. The number of anilines is 1. The lowest BCUT2D eigenvalue weighted by molar-refractivity contribution is -0.123. The molecule has 6 heteroatoms. The molecule has 5 nitrogen and oxygen atoms in total. The van der Waals surface area contributed by atoms with Crippen molar-refractivity contribution in [2.75, 3.05) is 5.32 Å². The van der Waals surface area contributed by atoms with E-state index in [-0.39, 0.29) is 5.56 Å². The van der Waals surface area contributed by atoms with Crippen molar-refractivity contribution in [1.82, 2.24) is 0 Å². The largest absolute Gasteiger partial charge is 0.489 e. The average Bonchev–Trinajstić information content (AvgIpc) is 2.74. The van der Waals surface area contributed by atoms with Crippen LogP contribution in [0.4, 0.5) is 10.1 Å². The zero-order valence-corrected chi connectivity index (χ0v) is 15.8. The molecule has 3 aromatic carbocycles. The summed E-state index contributed by atoms with van der Waals surface area (Å²) in [5.74, 6) is -0.957. The van der Waals surface area contributed by atoms with Crippen LogP contribution in [0.15, 0.2) is 78.9 Å². The van der Waals surface area contributed by atoms with Crippen molar-refractivity contribution in [3.05, 3.63) is 95.8 Å². The van der Waals surface area contributed by atoms with Crippen molar-refractivity contribution in [2.45, 2.75) is 19.6 Å². The molecule has 0 saturated carbocycles. The Labute approximate surface area is 168 Å². The summed E-state index contributed by atoms with van der Waals surface area (Å²) >= 11 is 0. The number of hydrogen-bond donors (Lipinski definition) is 1. The van der Waals surface area contributed by atoms with Crippen LogP contribution in [0.1, 0.15) is 22.8 Å². The standard InChI is InChI=1S/C23H20FNO4/c1-16(29-23(27)18-7-9-19(24)10-8-18)22(26)25-20-11-13-21(14-12-20)28-15-17-5-3-2-4-6-17/h2-14,16H,15H2,1H3,(H,25,26)/t16-/m0/s1. The van der Waals surface area contributed by atoms with E-state index >= 15 is 0 Å². The molecule has 0 aliphatic heterocycles. The van der Waals surface area contributed by atoms with Crippen molar-refractivity contribution in [2.24, 2.45) is 0 Å². The Morgan fingerprint density at radius 1 is 0.931 bits per heavy atom. The first-order valence-corrected chi connectivity index (χ1v) is 9.05. The number of nitrogens with one attached hydrogen (secondary N) is 1. The van der Waals surface area contributed by atoms with Gasteiger partial charge in [0.1, 0.15) is 18.2 Å². The number of esters is 1. The fraction of sp³-hybridized carbons (Fsp3) is 0.130. The van der Waals surface area contributed by atoms with Crippen LogP contribution in [0.25, 0.3) is 0 Å². The lowest BCUT2D eigenvalue weighted by Gasteiger charge is -2.14. The Morgan fingerprint density at radius 3 is 2.24 bits per heavy atom. The summed E-state index contributed by atoms with van der Waals surface area (Å²) < 4.78 is 23.7. The highest BCUT2D eigenvalue weighted by Gasteiger charge is 2.19. The normalized spacial score (nSPS) is 11.4. The molecule has 0 saturated heterocycles. The second-order valence-corrected chi connectivity index (χ2v) is 6.34. The van der Waals surface area contributed by atoms with Gasteiger partial charge in [0.05, 0.1) is 5.56 Å². The molecular formula is C23H20FNO4. The molecule has 29 heavy (non-hydrogen) atoms. The van der Waals surface area contributed by atoms with Gasteiger partial charge in [0.2, 0.25) is 0 Å². The number of carbonyl (C=O) groups excluding carboxylic acids is 2. The molecule has 0 aliphatic carbocycles. The van der Waals surface area contributed by atoms with Gasteiger partial charge in [0.15, 0.2) is 6.10 Å². The van der Waals surface area contributed by atoms with E-state index in [1.54, 1.807) is 24.3 Å². The molecule has 3 rings (SSSR count). The summed E-state index contributed by atoms with van der Waals surface area (Å²) in [7, 11) is 0. The van der Waals surface area contributed by atoms with Crippen LogP contribution in [0, 0.1) is 5.82 Å². The monoisotopic (exact) mass is 393 g/mol. The number of rotatable bonds is 7. The summed E-state index contributed by atoms with van der Waals surface area (Å²) in [6.45, 7) is 1.91. The van der Waals surface area contributed by atoms with Crippen molar-refractivity contribution in [1.29, 1.82) is 0 Å². The summed E-state index contributed by atoms with van der Waals surface area (Å²) in [6, 6.07) is 21.6. The SMILES string of the molecule is C[C@H](OC(=O)c1ccc(F)cc1)C(=O)Nc1ccc(OCc2ccccc2)cc1. The molecule has 0 aromatic heterocycles. The van der Waals surface area contributed by atoms with Gasteiger partial charge in [-0.2, -0.15) is 0 Å². The first-order chi connectivity index (χ1) is 14.0. The van der Waals surface area contributed by atoms with Crippen LogP contribution in [-0.2, 0) is 16.1 Å². The van der Waals surface area contributed by atoms with E-state index in [1.807, 2.05) is 30.3 Å². The summed E-state index contributed by atoms with van der Waals surface area (Å²) in [5.41, 5.74) is 1.78. The van der Waals surface area contributed by atoms with Gasteiger partial charge in [0, 0.05) is 5.69 Å². The summed E-state index contributed by atoms with van der Waals surface area (Å²) in [4.78, 5) is 24.3. The van der Waals surface area contributed by atoms with Gasteiger partial charge in [-0.15, -0.1) is 0 Å². The lowest BCUT2D eigenvalue weighted by atomic mass is 10.2. The van der Waals surface area contributed by atoms with Gasteiger partial charge in [-0.3, -0.25) is 4.79 Å². The molecule has 1 amide bonds. The Hall–Kier alpha value is -3.67. The Morgan fingerprint density at radius 2 is 1.59 bits per heavy atom. The molecule has 1 N–H and O–H groups in total. The van der Waals surface area contributed by atoms with E-state index in [0.717, 1.165) is 17.7 Å². The van der Waals surface area contributed by atoms with E-state index in [2.05, 4.69) is 5.32 Å². The highest BCUT2D eigenvalue weighted by atomic mass is 19.1. The van der Waals surface area contributed by atoms with Gasteiger partial charge in [-0.25, -0.2) is 9.18 Å². The lowest BCUT2D eigenvalue weighted by Crippen LogP contribution is -2.30. The highest BCUT2D eigenvalue weighted by molar-refractivity contribution is 5.97. The van der Waals surface area contributed by atoms with Crippen molar-refractivity contribution in [3.63, 3.8) is 0 Å². The van der Waals surface area contributed by atoms with Gasteiger partial charge in [0.25, 0.3) is 5.91 Å². The molecule has 0 aliphatic rings. The topological polar surface area (TPSA) is 64.6 Å². The van der Waals surface area contributed by atoms with Crippen LogP contribution >= 0.6 is 0 Å². The molecule has 0 radical (unpaired) electrons. The average molecular weight is 393 g/mol. The number of halogens is 1. The minimum atomic E-state index is -1.01. The molecule has 0 fully saturated rings. The van der Waals surface area contributed by atoms with Gasteiger partial charge >= 0.3 is 5.97 Å². The predicted octanol–water partition coefficient (Wildman–Crippen LogP) is 4.59. The maximum atomic E-state index is 12.9. The van der Waals surface area contributed by atoms with Gasteiger partial charge in [-0.05, 0) is 61.0 Å². The van der Waals surface area contributed by atoms with Crippen LogP contribution in [0.5, 0.6) is 5.75 Å². The third-order valence-electron chi connectivity index (χ3n) is 4.10. The van der Waals surface area contributed by atoms with Crippen molar-refractivity contribution in [3.8, 4) is 5.75 Å². The fourth-order valence-corrected chi connectivity index (χ4v) is 2.49. The molecule has 0 unspecified atom stereocenters. The van der Waals surface area contributed by atoms with E-state index in [4.69, 9.17) is 9.47 Å². The highest BCUT2D eigenvalue weighted by Crippen LogP contribution is 2.17. The fourth-order valence-electron chi connectivity index (χ4n) is 2.49. The summed E-state index contributed by atoms with van der Waals surface area (Å²) in [6.07, 6.45) is -1.01.